The molecule has 0 fully saturated rings. The van der Waals surface area contributed by atoms with Crippen molar-refractivity contribution >= 4 is 14.2 Å². The third-order valence-electron chi connectivity index (χ3n) is 5.40. The molecule has 0 aliphatic rings. The maximum atomic E-state index is 11.3. The molecule has 1 atom stereocenters. The van der Waals surface area contributed by atoms with E-state index in [4.69, 9.17) is 10.2 Å². The van der Waals surface area contributed by atoms with E-state index in [1.54, 1.807) is 12.5 Å². The molecular formula is C21H33N3O2Si. The summed E-state index contributed by atoms with van der Waals surface area (Å²) in [6.45, 7) is 12.0. The fraction of sp³-hybridized carbons (Fsp3) is 0.524. The van der Waals surface area contributed by atoms with Crippen LogP contribution in [0.25, 0.3) is 0 Å². The number of primary amides is 1. The standard InChI is InChI=1S/C21H33N3O2Si/c1-21(2,3)27(4,5)26-18(13-9-12-17-10-7-6-8-11-17)14-24-15-19(20(22)25)23-16-24/h6-8,10-11,15-16,18H,9,12-14H2,1-5H3,(H2,22,25). The van der Waals surface area contributed by atoms with Crippen molar-refractivity contribution in [2.24, 2.45) is 5.73 Å². The Morgan fingerprint density at radius 3 is 2.48 bits per heavy atom. The highest BCUT2D eigenvalue weighted by Crippen LogP contribution is 2.38. The summed E-state index contributed by atoms with van der Waals surface area (Å²) in [7, 11) is -1.89. The topological polar surface area (TPSA) is 70.1 Å². The van der Waals surface area contributed by atoms with Crippen LogP contribution in [0.3, 0.4) is 0 Å². The second-order valence-electron chi connectivity index (χ2n) is 8.70. The van der Waals surface area contributed by atoms with Crippen molar-refractivity contribution in [3.8, 4) is 0 Å². The number of hydrogen-bond donors (Lipinski definition) is 1. The minimum Gasteiger partial charge on any atom is -0.412 e. The molecule has 0 spiro atoms. The average molecular weight is 388 g/mol. The van der Waals surface area contributed by atoms with Gasteiger partial charge in [0.25, 0.3) is 5.91 Å². The fourth-order valence-corrected chi connectivity index (χ4v) is 4.16. The fourth-order valence-electron chi connectivity index (χ4n) is 2.78. The minimum absolute atomic E-state index is 0.0875. The number of aryl methyl sites for hydroxylation is 1. The van der Waals surface area contributed by atoms with Gasteiger partial charge in [0.05, 0.1) is 12.4 Å². The second-order valence-corrected chi connectivity index (χ2v) is 13.5. The van der Waals surface area contributed by atoms with Crippen LogP contribution >= 0.6 is 0 Å². The molecule has 1 unspecified atom stereocenters. The van der Waals surface area contributed by atoms with Crippen LogP contribution in [0, 0.1) is 0 Å². The Labute approximate surface area is 164 Å². The summed E-state index contributed by atoms with van der Waals surface area (Å²) in [5.74, 6) is -0.500. The highest BCUT2D eigenvalue weighted by molar-refractivity contribution is 6.74. The molecule has 5 nitrogen and oxygen atoms in total. The molecule has 0 aliphatic carbocycles. The molecule has 6 heteroatoms. The molecule has 0 bridgehead atoms. The van der Waals surface area contributed by atoms with Gasteiger partial charge < -0.3 is 14.7 Å². The molecule has 2 aromatic rings. The van der Waals surface area contributed by atoms with Crippen molar-refractivity contribution < 1.29 is 9.22 Å². The number of carbonyl (C=O) groups is 1. The van der Waals surface area contributed by atoms with E-state index < -0.39 is 14.2 Å². The van der Waals surface area contributed by atoms with Crippen LogP contribution in [-0.4, -0.2) is 29.9 Å². The average Bonchev–Trinajstić information content (AvgIpc) is 3.03. The molecule has 2 N–H and O–H groups in total. The van der Waals surface area contributed by atoms with Crippen LogP contribution in [0.5, 0.6) is 0 Å². The van der Waals surface area contributed by atoms with Crippen LogP contribution in [0.2, 0.25) is 18.1 Å². The Morgan fingerprint density at radius 1 is 1.26 bits per heavy atom. The van der Waals surface area contributed by atoms with Gasteiger partial charge in [-0.2, -0.15) is 0 Å². The number of carbonyl (C=O) groups excluding carboxylic acids is 1. The number of aromatic nitrogens is 2. The normalized spacial score (nSPS) is 13.5. The zero-order valence-corrected chi connectivity index (χ0v) is 18.2. The summed E-state index contributed by atoms with van der Waals surface area (Å²) in [6.07, 6.45) is 6.52. The molecule has 1 amide bonds. The van der Waals surface area contributed by atoms with Crippen molar-refractivity contribution in [3.63, 3.8) is 0 Å². The Kier molecular flexibility index (Phi) is 7.00. The van der Waals surface area contributed by atoms with Crippen molar-refractivity contribution in [2.75, 3.05) is 0 Å². The Hall–Kier alpha value is -1.92. The molecule has 1 heterocycles. The molecule has 1 aromatic carbocycles. The van der Waals surface area contributed by atoms with E-state index >= 15 is 0 Å². The molecule has 2 rings (SSSR count). The number of nitrogens with two attached hydrogens (primary N) is 1. The first-order chi connectivity index (χ1) is 12.6. The van der Waals surface area contributed by atoms with Gasteiger partial charge in [-0.05, 0) is 43.0 Å². The predicted molar refractivity (Wildman–Crippen MR) is 112 cm³/mol. The molecule has 27 heavy (non-hydrogen) atoms. The van der Waals surface area contributed by atoms with Gasteiger partial charge in [0.1, 0.15) is 5.69 Å². The van der Waals surface area contributed by atoms with Gasteiger partial charge in [-0.25, -0.2) is 4.98 Å². The molecular weight excluding hydrogens is 354 g/mol. The Balaban J connectivity index is 2.05. The highest BCUT2D eigenvalue weighted by atomic mass is 28.4. The lowest BCUT2D eigenvalue weighted by molar-refractivity contribution is 0.0995. The quantitative estimate of drug-likeness (QED) is 0.649. The summed E-state index contributed by atoms with van der Waals surface area (Å²) in [5.41, 5.74) is 6.97. The molecule has 148 valence electrons. The molecule has 0 saturated heterocycles. The largest absolute Gasteiger partial charge is 0.412 e. The predicted octanol–water partition coefficient (Wildman–Crippen LogP) is 4.40. The van der Waals surface area contributed by atoms with E-state index in [2.05, 4.69) is 63.1 Å². The lowest BCUT2D eigenvalue weighted by Crippen LogP contribution is -2.44. The molecule has 0 aliphatic heterocycles. The van der Waals surface area contributed by atoms with Gasteiger partial charge >= 0.3 is 0 Å². The zero-order valence-electron chi connectivity index (χ0n) is 17.2. The monoisotopic (exact) mass is 387 g/mol. The molecule has 0 radical (unpaired) electrons. The summed E-state index contributed by atoms with van der Waals surface area (Å²) in [6, 6.07) is 10.5. The van der Waals surface area contributed by atoms with Gasteiger partial charge in [0, 0.05) is 12.7 Å². The van der Waals surface area contributed by atoms with Gasteiger partial charge in [-0.3, -0.25) is 4.79 Å². The SMILES string of the molecule is CC(C)(C)[Si](C)(C)OC(CCCc1ccccc1)Cn1cnc(C(N)=O)c1. The third-order valence-corrected chi connectivity index (χ3v) is 9.94. The zero-order chi connectivity index (χ0) is 20.1. The summed E-state index contributed by atoms with van der Waals surface area (Å²) in [5, 5.41) is 0.151. The maximum Gasteiger partial charge on any atom is 0.268 e. The van der Waals surface area contributed by atoms with Crippen LogP contribution in [0.1, 0.15) is 49.7 Å². The van der Waals surface area contributed by atoms with E-state index in [1.165, 1.54) is 5.56 Å². The first kappa shape index (κ1) is 21.4. The van der Waals surface area contributed by atoms with E-state index in [0.29, 0.717) is 12.2 Å². The van der Waals surface area contributed by atoms with Crippen LogP contribution in [-0.2, 0) is 17.4 Å². The first-order valence-electron chi connectivity index (χ1n) is 9.62. The van der Waals surface area contributed by atoms with Crippen molar-refractivity contribution in [3.05, 3.63) is 54.1 Å². The van der Waals surface area contributed by atoms with Crippen LogP contribution < -0.4 is 5.73 Å². The summed E-state index contributed by atoms with van der Waals surface area (Å²) in [4.78, 5) is 15.4. The molecule has 0 saturated carbocycles. The maximum absolute atomic E-state index is 11.3. The van der Waals surface area contributed by atoms with Crippen molar-refractivity contribution in [2.45, 2.75) is 70.8 Å². The Morgan fingerprint density at radius 2 is 1.93 bits per heavy atom. The van der Waals surface area contributed by atoms with E-state index in [-0.39, 0.29) is 11.1 Å². The summed E-state index contributed by atoms with van der Waals surface area (Å²) >= 11 is 0. The van der Waals surface area contributed by atoms with Gasteiger partial charge in [-0.1, -0.05) is 51.1 Å². The third kappa shape index (κ3) is 6.32. The highest BCUT2D eigenvalue weighted by Gasteiger charge is 2.39. The lowest BCUT2D eigenvalue weighted by atomic mass is 10.1. The van der Waals surface area contributed by atoms with Gasteiger partial charge in [0.2, 0.25) is 0 Å². The van der Waals surface area contributed by atoms with Gasteiger partial charge in [0.15, 0.2) is 8.32 Å². The van der Waals surface area contributed by atoms with Crippen LogP contribution in [0.15, 0.2) is 42.9 Å². The number of hydrogen-bond acceptors (Lipinski definition) is 3. The smallest absolute Gasteiger partial charge is 0.268 e. The number of benzene rings is 1. The number of nitrogens with zero attached hydrogens (tertiary/aromatic N) is 2. The van der Waals surface area contributed by atoms with E-state index in [9.17, 15) is 4.79 Å². The van der Waals surface area contributed by atoms with E-state index in [1.807, 2.05) is 10.6 Å². The summed E-state index contributed by atoms with van der Waals surface area (Å²) < 4.78 is 8.61. The first-order valence-corrected chi connectivity index (χ1v) is 12.5. The number of rotatable bonds is 9. The van der Waals surface area contributed by atoms with Gasteiger partial charge in [-0.15, -0.1) is 0 Å². The Bertz CT molecular complexity index is 735. The van der Waals surface area contributed by atoms with Crippen molar-refractivity contribution in [1.29, 1.82) is 0 Å². The minimum atomic E-state index is -1.89. The van der Waals surface area contributed by atoms with Crippen molar-refractivity contribution in [1.82, 2.24) is 9.55 Å². The van der Waals surface area contributed by atoms with E-state index in [0.717, 1.165) is 19.3 Å². The number of amides is 1. The molecule has 1 aromatic heterocycles. The second kappa shape index (κ2) is 8.84. The number of imidazole rings is 1. The lowest BCUT2D eigenvalue weighted by Gasteiger charge is -2.39. The van der Waals surface area contributed by atoms with Crippen LogP contribution in [0.4, 0.5) is 0 Å².